The zero-order chi connectivity index (χ0) is 14.0. The summed E-state index contributed by atoms with van der Waals surface area (Å²) in [6.07, 6.45) is 2.00. The molecule has 1 unspecified atom stereocenters. The van der Waals surface area contributed by atoms with Gasteiger partial charge in [-0.3, -0.25) is 4.79 Å². The Bertz CT molecular complexity index is 595. The minimum absolute atomic E-state index is 0.329. The van der Waals surface area contributed by atoms with Crippen molar-refractivity contribution in [2.24, 2.45) is 0 Å². The summed E-state index contributed by atoms with van der Waals surface area (Å²) >= 11 is 3.36. The van der Waals surface area contributed by atoms with Crippen LogP contribution < -0.4 is 0 Å². The van der Waals surface area contributed by atoms with Crippen LogP contribution in [0, 0.1) is 5.82 Å². The molecular weight excluding hydrogens is 315 g/mol. The lowest BCUT2D eigenvalue weighted by Crippen LogP contribution is -2.10. The van der Waals surface area contributed by atoms with Crippen LogP contribution in [-0.2, 0) is 4.79 Å². The van der Waals surface area contributed by atoms with Gasteiger partial charge in [-0.2, -0.15) is 5.10 Å². The van der Waals surface area contributed by atoms with Gasteiger partial charge in [-0.05, 0) is 46.6 Å². The highest BCUT2D eigenvalue weighted by molar-refractivity contribution is 9.10. The predicted molar refractivity (Wildman–Crippen MR) is 71.9 cm³/mol. The average molecular weight is 327 g/mol. The highest BCUT2D eigenvalue weighted by Gasteiger charge is 2.23. The van der Waals surface area contributed by atoms with Gasteiger partial charge in [-0.1, -0.05) is 6.92 Å². The molecule has 1 aromatic heterocycles. The first-order valence-electron chi connectivity index (χ1n) is 5.76. The number of nitrogens with zero attached hydrogens (tertiary/aromatic N) is 2. The number of carboxylic acid groups (broad SMARTS) is 1. The third-order valence-electron chi connectivity index (χ3n) is 2.89. The summed E-state index contributed by atoms with van der Waals surface area (Å²) in [7, 11) is 0. The van der Waals surface area contributed by atoms with Crippen LogP contribution >= 0.6 is 15.9 Å². The van der Waals surface area contributed by atoms with Crippen LogP contribution in [-0.4, -0.2) is 20.9 Å². The predicted octanol–water partition coefficient (Wildman–Crippen LogP) is 3.35. The number of carbonyl (C=O) groups is 1. The minimum Gasteiger partial charge on any atom is -0.481 e. The molecule has 4 nitrogen and oxygen atoms in total. The SMILES string of the molecule is CCC(C(=O)O)c1cnn(-c2ccc(F)cc2)c1Br. The van der Waals surface area contributed by atoms with E-state index in [0.29, 0.717) is 22.3 Å². The number of rotatable bonds is 4. The first kappa shape index (κ1) is 13.7. The van der Waals surface area contributed by atoms with Gasteiger partial charge in [-0.25, -0.2) is 9.07 Å². The molecule has 1 aromatic carbocycles. The maximum absolute atomic E-state index is 12.9. The second kappa shape index (κ2) is 5.52. The van der Waals surface area contributed by atoms with E-state index in [9.17, 15) is 9.18 Å². The van der Waals surface area contributed by atoms with Crippen LogP contribution in [0.4, 0.5) is 4.39 Å². The van der Waals surface area contributed by atoms with E-state index in [1.165, 1.54) is 18.3 Å². The molecule has 0 bridgehead atoms. The average Bonchev–Trinajstić information content (AvgIpc) is 2.73. The maximum atomic E-state index is 12.9. The van der Waals surface area contributed by atoms with Crippen molar-refractivity contribution >= 4 is 21.9 Å². The Labute approximate surface area is 118 Å². The van der Waals surface area contributed by atoms with E-state index >= 15 is 0 Å². The molecule has 19 heavy (non-hydrogen) atoms. The summed E-state index contributed by atoms with van der Waals surface area (Å²) in [6, 6.07) is 5.83. The number of hydrogen-bond donors (Lipinski definition) is 1. The van der Waals surface area contributed by atoms with Gasteiger partial charge in [-0.15, -0.1) is 0 Å². The van der Waals surface area contributed by atoms with Gasteiger partial charge in [0.25, 0.3) is 0 Å². The summed E-state index contributed by atoms with van der Waals surface area (Å²) in [6.45, 7) is 1.81. The van der Waals surface area contributed by atoms with Crippen LogP contribution in [0.15, 0.2) is 35.1 Å². The molecule has 1 N–H and O–H groups in total. The fraction of sp³-hybridized carbons (Fsp3) is 0.231. The van der Waals surface area contributed by atoms with Gasteiger partial charge in [0.15, 0.2) is 0 Å². The molecule has 0 saturated heterocycles. The summed E-state index contributed by atoms with van der Waals surface area (Å²) in [5, 5.41) is 13.3. The van der Waals surface area contributed by atoms with E-state index in [0.717, 1.165) is 0 Å². The number of aliphatic carboxylic acids is 1. The molecule has 0 radical (unpaired) electrons. The lowest BCUT2D eigenvalue weighted by molar-refractivity contribution is -0.138. The lowest BCUT2D eigenvalue weighted by atomic mass is 10.0. The number of halogens is 2. The molecule has 0 aliphatic rings. The molecule has 0 saturated carbocycles. The van der Waals surface area contributed by atoms with Crippen molar-refractivity contribution in [3.05, 3.63) is 46.4 Å². The van der Waals surface area contributed by atoms with E-state index < -0.39 is 11.9 Å². The van der Waals surface area contributed by atoms with Gasteiger partial charge >= 0.3 is 5.97 Å². The Kier molecular flexibility index (Phi) is 3.99. The third-order valence-corrected chi connectivity index (χ3v) is 3.68. The van der Waals surface area contributed by atoms with Crippen LogP contribution in [0.2, 0.25) is 0 Å². The topological polar surface area (TPSA) is 55.1 Å². The van der Waals surface area contributed by atoms with Crippen molar-refractivity contribution < 1.29 is 14.3 Å². The standard InChI is InChI=1S/C13H12BrFN2O2/c1-2-10(13(18)19)11-7-16-17(12(11)14)9-5-3-8(15)4-6-9/h3-7,10H,2H2,1H3,(H,18,19). The van der Waals surface area contributed by atoms with Gasteiger partial charge in [0.1, 0.15) is 10.4 Å². The summed E-state index contributed by atoms with van der Waals surface area (Å²) in [5.74, 6) is -1.82. The Morgan fingerprint density at radius 2 is 2.11 bits per heavy atom. The fourth-order valence-electron chi connectivity index (χ4n) is 1.87. The first-order chi connectivity index (χ1) is 9.04. The fourth-order valence-corrected chi connectivity index (χ4v) is 2.54. The number of carboxylic acids is 1. The molecule has 2 rings (SSSR count). The molecular formula is C13H12BrFN2O2. The zero-order valence-electron chi connectivity index (χ0n) is 10.2. The third kappa shape index (κ3) is 2.68. The quantitative estimate of drug-likeness (QED) is 0.937. The summed E-state index contributed by atoms with van der Waals surface area (Å²) in [5.41, 5.74) is 1.28. The van der Waals surface area contributed by atoms with Gasteiger partial charge in [0.05, 0.1) is 17.8 Å². The van der Waals surface area contributed by atoms with E-state index in [4.69, 9.17) is 5.11 Å². The van der Waals surface area contributed by atoms with Gasteiger partial charge in [0.2, 0.25) is 0 Å². The second-order valence-corrected chi connectivity index (χ2v) is 4.83. The largest absolute Gasteiger partial charge is 0.481 e. The van der Waals surface area contributed by atoms with Crippen LogP contribution in [0.25, 0.3) is 5.69 Å². The van der Waals surface area contributed by atoms with Crippen molar-refractivity contribution in [2.45, 2.75) is 19.3 Å². The van der Waals surface area contributed by atoms with Crippen LogP contribution in [0.1, 0.15) is 24.8 Å². The smallest absolute Gasteiger partial charge is 0.311 e. The summed E-state index contributed by atoms with van der Waals surface area (Å²) < 4.78 is 15.0. The number of hydrogen-bond acceptors (Lipinski definition) is 2. The first-order valence-corrected chi connectivity index (χ1v) is 6.56. The van der Waals surface area contributed by atoms with Gasteiger partial charge < -0.3 is 5.11 Å². The normalized spacial score (nSPS) is 12.4. The molecule has 0 spiro atoms. The molecule has 2 aromatic rings. The molecule has 100 valence electrons. The van der Waals surface area contributed by atoms with Crippen molar-refractivity contribution in [3.63, 3.8) is 0 Å². The van der Waals surface area contributed by atoms with Crippen molar-refractivity contribution in [2.75, 3.05) is 0 Å². The Hall–Kier alpha value is -1.69. The Morgan fingerprint density at radius 1 is 1.47 bits per heavy atom. The highest BCUT2D eigenvalue weighted by atomic mass is 79.9. The minimum atomic E-state index is -0.887. The van der Waals surface area contributed by atoms with E-state index in [1.54, 1.807) is 23.7 Å². The molecule has 0 aliphatic carbocycles. The Balaban J connectivity index is 2.43. The van der Waals surface area contributed by atoms with Gasteiger partial charge in [0, 0.05) is 5.56 Å². The number of aromatic nitrogens is 2. The molecule has 0 aliphatic heterocycles. The maximum Gasteiger partial charge on any atom is 0.311 e. The highest BCUT2D eigenvalue weighted by Crippen LogP contribution is 2.29. The molecule has 1 atom stereocenters. The Morgan fingerprint density at radius 3 is 2.63 bits per heavy atom. The van der Waals surface area contributed by atoms with Crippen molar-refractivity contribution in [1.29, 1.82) is 0 Å². The van der Waals surface area contributed by atoms with E-state index in [2.05, 4.69) is 21.0 Å². The summed E-state index contributed by atoms with van der Waals surface area (Å²) in [4.78, 5) is 11.2. The van der Waals surface area contributed by atoms with E-state index in [-0.39, 0.29) is 5.82 Å². The van der Waals surface area contributed by atoms with Crippen molar-refractivity contribution in [3.8, 4) is 5.69 Å². The lowest BCUT2D eigenvalue weighted by Gasteiger charge is -2.09. The van der Waals surface area contributed by atoms with Crippen LogP contribution in [0.5, 0.6) is 0 Å². The van der Waals surface area contributed by atoms with Crippen LogP contribution in [0.3, 0.4) is 0 Å². The van der Waals surface area contributed by atoms with Crippen molar-refractivity contribution in [1.82, 2.24) is 9.78 Å². The molecule has 0 amide bonds. The molecule has 1 heterocycles. The molecule has 0 fully saturated rings. The monoisotopic (exact) mass is 326 g/mol. The molecule has 6 heteroatoms. The second-order valence-electron chi connectivity index (χ2n) is 4.08. The zero-order valence-corrected chi connectivity index (χ0v) is 11.8. The number of benzene rings is 1. The van der Waals surface area contributed by atoms with E-state index in [1.807, 2.05) is 0 Å².